The van der Waals surface area contributed by atoms with Crippen LogP contribution < -0.4 is 10.1 Å². The van der Waals surface area contributed by atoms with Crippen molar-refractivity contribution >= 4 is 11.9 Å². The van der Waals surface area contributed by atoms with Gasteiger partial charge in [-0.2, -0.15) is 0 Å². The average molecular weight is 336 g/mol. The summed E-state index contributed by atoms with van der Waals surface area (Å²) in [6.07, 6.45) is 0. The lowest BCUT2D eigenvalue weighted by molar-refractivity contribution is -0.140. The Kier molecular flexibility index (Phi) is 8.26. The van der Waals surface area contributed by atoms with Crippen LogP contribution in [0.1, 0.15) is 38.1 Å². The first-order valence-electron chi connectivity index (χ1n) is 8.37. The van der Waals surface area contributed by atoms with Crippen LogP contribution in [0.3, 0.4) is 0 Å². The second-order valence-electron chi connectivity index (χ2n) is 5.93. The molecule has 0 aliphatic heterocycles. The van der Waals surface area contributed by atoms with Crippen LogP contribution in [-0.2, 0) is 4.79 Å². The molecule has 6 heteroatoms. The third-order valence-electron chi connectivity index (χ3n) is 3.91. The van der Waals surface area contributed by atoms with Crippen LogP contribution in [0.4, 0.5) is 0 Å². The van der Waals surface area contributed by atoms with Crippen LogP contribution in [0.5, 0.6) is 5.75 Å². The van der Waals surface area contributed by atoms with Crippen molar-refractivity contribution in [3.05, 3.63) is 29.8 Å². The summed E-state index contributed by atoms with van der Waals surface area (Å²) in [7, 11) is 0. The zero-order chi connectivity index (χ0) is 18.1. The Bertz CT molecular complexity index is 524. The Labute approximate surface area is 143 Å². The van der Waals surface area contributed by atoms with Gasteiger partial charge in [-0.15, -0.1) is 0 Å². The maximum absolute atomic E-state index is 12.1. The summed E-state index contributed by atoms with van der Waals surface area (Å²) in [4.78, 5) is 25.5. The number of ether oxygens (including phenoxy) is 1. The number of carbonyl (C=O) groups excluding carboxylic acids is 1. The number of carbonyl (C=O) groups is 2. The Morgan fingerprint density at radius 3 is 2.21 bits per heavy atom. The lowest BCUT2D eigenvalue weighted by Gasteiger charge is -2.18. The molecule has 0 heterocycles. The van der Waals surface area contributed by atoms with E-state index in [-0.39, 0.29) is 5.92 Å². The lowest BCUT2D eigenvalue weighted by Crippen LogP contribution is -2.44. The van der Waals surface area contributed by atoms with Gasteiger partial charge in [-0.25, -0.2) is 4.79 Å². The van der Waals surface area contributed by atoms with E-state index in [1.165, 1.54) is 0 Å². The van der Waals surface area contributed by atoms with Crippen molar-refractivity contribution in [2.75, 3.05) is 26.2 Å². The molecule has 1 atom stereocenters. The number of likely N-dealkylation sites (N-methyl/N-ethyl adjacent to an activating group) is 1. The SMILES string of the molecule is CCN(CC)CCOc1ccc(C(=O)N[C@H](C(=O)O)C(C)C)cc1. The quantitative estimate of drug-likeness (QED) is 0.685. The largest absolute Gasteiger partial charge is 0.492 e. The number of nitrogens with zero attached hydrogens (tertiary/aromatic N) is 1. The number of carboxylic acids is 1. The summed E-state index contributed by atoms with van der Waals surface area (Å²) in [6.45, 7) is 11.1. The van der Waals surface area contributed by atoms with E-state index in [4.69, 9.17) is 9.84 Å². The highest BCUT2D eigenvalue weighted by molar-refractivity contribution is 5.96. The number of nitrogens with one attached hydrogen (secondary N) is 1. The fraction of sp³-hybridized carbons (Fsp3) is 0.556. The van der Waals surface area contributed by atoms with E-state index >= 15 is 0 Å². The predicted octanol–water partition coefficient (Wildman–Crippen LogP) is 2.25. The van der Waals surface area contributed by atoms with E-state index in [0.29, 0.717) is 17.9 Å². The van der Waals surface area contributed by atoms with Gasteiger partial charge < -0.3 is 20.1 Å². The van der Waals surface area contributed by atoms with Gasteiger partial charge >= 0.3 is 5.97 Å². The Hall–Kier alpha value is -2.08. The van der Waals surface area contributed by atoms with Gasteiger partial charge in [-0.3, -0.25) is 4.79 Å². The minimum absolute atomic E-state index is 0.186. The molecule has 0 aliphatic rings. The van der Waals surface area contributed by atoms with Gasteiger partial charge in [0.1, 0.15) is 18.4 Å². The molecule has 0 saturated heterocycles. The summed E-state index contributed by atoms with van der Waals surface area (Å²) in [5, 5.41) is 11.7. The van der Waals surface area contributed by atoms with Gasteiger partial charge in [-0.1, -0.05) is 27.7 Å². The van der Waals surface area contributed by atoms with E-state index in [2.05, 4.69) is 24.1 Å². The normalized spacial score (nSPS) is 12.2. The van der Waals surface area contributed by atoms with Crippen molar-refractivity contribution in [3.8, 4) is 5.75 Å². The second-order valence-corrected chi connectivity index (χ2v) is 5.93. The molecule has 1 rings (SSSR count). The molecule has 0 bridgehead atoms. The summed E-state index contributed by atoms with van der Waals surface area (Å²) in [6, 6.07) is 5.83. The van der Waals surface area contributed by atoms with Gasteiger partial charge in [0.05, 0.1) is 0 Å². The molecule has 1 amide bonds. The van der Waals surface area contributed by atoms with Gasteiger partial charge in [0.15, 0.2) is 0 Å². The minimum Gasteiger partial charge on any atom is -0.492 e. The molecule has 0 aromatic heterocycles. The summed E-state index contributed by atoms with van der Waals surface area (Å²) in [5.41, 5.74) is 0.415. The van der Waals surface area contributed by atoms with Crippen LogP contribution in [0.2, 0.25) is 0 Å². The van der Waals surface area contributed by atoms with E-state index in [1.54, 1.807) is 38.1 Å². The molecular weight excluding hydrogens is 308 g/mol. The molecule has 134 valence electrons. The average Bonchev–Trinajstić information content (AvgIpc) is 2.56. The molecule has 1 aromatic rings. The monoisotopic (exact) mass is 336 g/mol. The molecule has 6 nitrogen and oxygen atoms in total. The molecule has 2 N–H and O–H groups in total. The maximum atomic E-state index is 12.1. The van der Waals surface area contributed by atoms with Crippen molar-refractivity contribution in [2.45, 2.75) is 33.7 Å². The first-order chi connectivity index (χ1) is 11.4. The highest BCUT2D eigenvalue weighted by Crippen LogP contribution is 2.13. The summed E-state index contributed by atoms with van der Waals surface area (Å²) >= 11 is 0. The van der Waals surface area contributed by atoms with Crippen molar-refractivity contribution in [1.29, 1.82) is 0 Å². The van der Waals surface area contributed by atoms with Crippen molar-refractivity contribution < 1.29 is 19.4 Å². The van der Waals surface area contributed by atoms with E-state index < -0.39 is 17.9 Å². The van der Waals surface area contributed by atoms with Crippen molar-refractivity contribution in [3.63, 3.8) is 0 Å². The standard InChI is InChI=1S/C18H28N2O4/c1-5-20(6-2)11-12-24-15-9-7-14(8-10-15)17(21)19-16(13(3)4)18(22)23/h7-10,13,16H,5-6,11-12H2,1-4H3,(H,19,21)(H,22,23)/t16-/m0/s1. The smallest absolute Gasteiger partial charge is 0.326 e. The van der Waals surface area contributed by atoms with Gasteiger partial charge in [0, 0.05) is 12.1 Å². The van der Waals surface area contributed by atoms with Crippen LogP contribution >= 0.6 is 0 Å². The van der Waals surface area contributed by atoms with Crippen LogP contribution in [0.25, 0.3) is 0 Å². The molecule has 0 aliphatic carbocycles. The van der Waals surface area contributed by atoms with Crippen LogP contribution in [0.15, 0.2) is 24.3 Å². The molecule has 0 fully saturated rings. The number of benzene rings is 1. The third-order valence-corrected chi connectivity index (χ3v) is 3.91. The maximum Gasteiger partial charge on any atom is 0.326 e. The van der Waals surface area contributed by atoms with Crippen molar-refractivity contribution in [1.82, 2.24) is 10.2 Å². The molecule has 0 radical (unpaired) electrons. The highest BCUT2D eigenvalue weighted by atomic mass is 16.5. The van der Waals surface area contributed by atoms with Crippen LogP contribution in [0, 0.1) is 5.92 Å². The minimum atomic E-state index is -1.03. The number of amides is 1. The molecule has 0 unspecified atom stereocenters. The number of hydrogen-bond donors (Lipinski definition) is 2. The zero-order valence-electron chi connectivity index (χ0n) is 14.9. The van der Waals surface area contributed by atoms with Crippen LogP contribution in [-0.4, -0.2) is 54.2 Å². The highest BCUT2D eigenvalue weighted by Gasteiger charge is 2.23. The molecule has 0 spiro atoms. The van der Waals surface area contributed by atoms with E-state index in [9.17, 15) is 9.59 Å². The molecule has 24 heavy (non-hydrogen) atoms. The molecular formula is C18H28N2O4. The van der Waals surface area contributed by atoms with Gasteiger partial charge in [0.2, 0.25) is 0 Å². The number of hydrogen-bond acceptors (Lipinski definition) is 4. The number of rotatable bonds is 10. The predicted molar refractivity (Wildman–Crippen MR) is 93.5 cm³/mol. The van der Waals surface area contributed by atoms with E-state index in [0.717, 1.165) is 19.6 Å². The topological polar surface area (TPSA) is 78.9 Å². The van der Waals surface area contributed by atoms with Gasteiger partial charge in [0.25, 0.3) is 5.91 Å². The van der Waals surface area contributed by atoms with E-state index in [1.807, 2.05) is 0 Å². The molecule has 0 saturated carbocycles. The van der Waals surface area contributed by atoms with Crippen molar-refractivity contribution in [2.24, 2.45) is 5.92 Å². The fourth-order valence-corrected chi connectivity index (χ4v) is 2.27. The third kappa shape index (κ3) is 6.20. The lowest BCUT2D eigenvalue weighted by atomic mass is 10.0. The van der Waals surface area contributed by atoms with Gasteiger partial charge in [-0.05, 0) is 43.3 Å². The Morgan fingerprint density at radius 2 is 1.75 bits per heavy atom. The first-order valence-corrected chi connectivity index (χ1v) is 8.37. The molecule has 1 aromatic carbocycles. The number of aliphatic carboxylic acids is 1. The Balaban J connectivity index is 2.57. The fourth-order valence-electron chi connectivity index (χ4n) is 2.27. The first kappa shape index (κ1) is 20.0. The Morgan fingerprint density at radius 1 is 1.17 bits per heavy atom. The zero-order valence-corrected chi connectivity index (χ0v) is 14.9. The second kappa shape index (κ2) is 9.93. The summed E-state index contributed by atoms with van der Waals surface area (Å²) in [5.74, 6) is -0.924. The number of carboxylic acid groups (broad SMARTS) is 1. The summed E-state index contributed by atoms with van der Waals surface area (Å²) < 4.78 is 5.66.